The normalized spacial score (nSPS) is 10.1. The van der Waals surface area contributed by atoms with Gasteiger partial charge in [0.2, 0.25) is 0 Å². The molecule has 0 aliphatic rings. The summed E-state index contributed by atoms with van der Waals surface area (Å²) in [6.07, 6.45) is 3.39. The van der Waals surface area contributed by atoms with Gasteiger partial charge in [-0.25, -0.2) is 0 Å². The maximum atomic E-state index is 11.4. The lowest BCUT2D eigenvalue weighted by Gasteiger charge is -2.13. The fraction of sp³-hybridized carbons (Fsp3) is 0.600. The van der Waals surface area contributed by atoms with Crippen LogP contribution in [0, 0.1) is 0 Å². The molecule has 0 saturated carbocycles. The summed E-state index contributed by atoms with van der Waals surface area (Å²) in [5, 5.41) is 4.04. The number of carbonyl (C=O) groups excluding carboxylic acids is 1. The van der Waals surface area contributed by atoms with Crippen LogP contribution in [0.3, 0.4) is 0 Å². The van der Waals surface area contributed by atoms with Gasteiger partial charge in [0.1, 0.15) is 0 Å². The first-order chi connectivity index (χ1) is 7.17. The Hall–Kier alpha value is -1.52. The van der Waals surface area contributed by atoms with Crippen molar-refractivity contribution in [3.05, 3.63) is 12.4 Å². The number of ether oxygens (including phenoxy) is 1. The van der Waals surface area contributed by atoms with Crippen LogP contribution in [0.4, 0.5) is 0 Å². The zero-order chi connectivity index (χ0) is 11.3. The lowest BCUT2D eigenvalue weighted by Crippen LogP contribution is -2.30. The molecule has 1 amide bonds. The van der Waals surface area contributed by atoms with E-state index in [9.17, 15) is 4.79 Å². The Bertz CT molecular complexity index is 322. The molecule has 5 nitrogen and oxygen atoms in total. The van der Waals surface area contributed by atoms with Gasteiger partial charge in [-0.05, 0) is 13.8 Å². The van der Waals surface area contributed by atoms with Gasteiger partial charge in [-0.3, -0.25) is 9.48 Å². The number of aryl methyl sites for hydroxylation is 1. The van der Waals surface area contributed by atoms with Crippen LogP contribution in [-0.4, -0.2) is 40.8 Å². The third kappa shape index (κ3) is 3.27. The van der Waals surface area contributed by atoms with E-state index in [0.29, 0.717) is 12.3 Å². The molecule has 1 rings (SSSR count). The van der Waals surface area contributed by atoms with Crippen molar-refractivity contribution in [1.82, 2.24) is 14.7 Å². The van der Waals surface area contributed by atoms with E-state index in [0.717, 1.165) is 6.54 Å². The first kappa shape index (κ1) is 11.6. The maximum absolute atomic E-state index is 11.4. The molecule has 0 aliphatic heterocycles. The predicted molar refractivity (Wildman–Crippen MR) is 56.7 cm³/mol. The van der Waals surface area contributed by atoms with Crippen molar-refractivity contribution in [3.63, 3.8) is 0 Å². The Kier molecular flexibility index (Phi) is 4.15. The molecule has 0 aliphatic carbocycles. The summed E-state index contributed by atoms with van der Waals surface area (Å²) in [6, 6.07) is 0. The minimum absolute atomic E-state index is 0.0262. The van der Waals surface area contributed by atoms with E-state index >= 15 is 0 Å². The van der Waals surface area contributed by atoms with Crippen molar-refractivity contribution in [2.45, 2.75) is 20.4 Å². The van der Waals surface area contributed by atoms with E-state index in [-0.39, 0.29) is 12.5 Å². The number of hydrogen-bond acceptors (Lipinski definition) is 3. The van der Waals surface area contributed by atoms with E-state index in [4.69, 9.17) is 4.74 Å². The summed E-state index contributed by atoms with van der Waals surface area (Å²) >= 11 is 0. The molecular weight excluding hydrogens is 194 g/mol. The molecule has 0 bridgehead atoms. The second-order valence-electron chi connectivity index (χ2n) is 3.23. The van der Waals surface area contributed by atoms with Crippen molar-refractivity contribution >= 4 is 5.91 Å². The number of hydrogen-bond donors (Lipinski definition) is 0. The number of nitrogens with zero attached hydrogens (tertiary/aromatic N) is 3. The quantitative estimate of drug-likeness (QED) is 0.722. The molecule has 0 aromatic carbocycles. The Morgan fingerprint density at radius 1 is 1.60 bits per heavy atom. The van der Waals surface area contributed by atoms with E-state index in [1.165, 1.54) is 0 Å². The first-order valence-electron chi connectivity index (χ1n) is 5.06. The van der Waals surface area contributed by atoms with Gasteiger partial charge in [-0.1, -0.05) is 0 Å². The van der Waals surface area contributed by atoms with Crippen LogP contribution in [0.25, 0.3) is 0 Å². The smallest absolute Gasteiger partial charge is 0.260 e. The monoisotopic (exact) mass is 211 g/mol. The third-order valence-corrected chi connectivity index (χ3v) is 2.20. The van der Waals surface area contributed by atoms with Crippen molar-refractivity contribution < 1.29 is 9.53 Å². The molecule has 0 fully saturated rings. The second kappa shape index (κ2) is 5.38. The van der Waals surface area contributed by atoms with Crippen LogP contribution in [0.15, 0.2) is 12.4 Å². The van der Waals surface area contributed by atoms with E-state index in [2.05, 4.69) is 5.10 Å². The van der Waals surface area contributed by atoms with E-state index in [1.807, 2.05) is 13.8 Å². The highest BCUT2D eigenvalue weighted by Crippen LogP contribution is 2.07. The molecule has 15 heavy (non-hydrogen) atoms. The van der Waals surface area contributed by atoms with Crippen LogP contribution in [0.2, 0.25) is 0 Å². The summed E-state index contributed by atoms with van der Waals surface area (Å²) in [6.45, 7) is 5.47. The summed E-state index contributed by atoms with van der Waals surface area (Å²) in [5.74, 6) is 0.608. The van der Waals surface area contributed by atoms with E-state index < -0.39 is 0 Å². The first-order valence-corrected chi connectivity index (χ1v) is 5.06. The molecule has 84 valence electrons. The van der Waals surface area contributed by atoms with Gasteiger partial charge in [0.15, 0.2) is 12.4 Å². The predicted octanol–water partition coefficient (Wildman–Crippen LogP) is 0.760. The van der Waals surface area contributed by atoms with Crippen LogP contribution >= 0.6 is 0 Å². The average Bonchev–Trinajstić information content (AvgIpc) is 2.72. The molecule has 0 atom stereocenters. The molecule has 1 heterocycles. The van der Waals surface area contributed by atoms with Crippen LogP contribution < -0.4 is 4.74 Å². The number of amides is 1. The molecule has 0 radical (unpaired) electrons. The lowest BCUT2D eigenvalue weighted by molar-refractivity contribution is -0.131. The van der Waals surface area contributed by atoms with Crippen molar-refractivity contribution in [2.75, 3.05) is 20.2 Å². The SMILES string of the molecule is CCN(C)C(=O)COc1cnn(CC)c1. The van der Waals surface area contributed by atoms with Gasteiger partial charge in [0.05, 0.1) is 12.4 Å². The Morgan fingerprint density at radius 2 is 2.33 bits per heavy atom. The Labute approximate surface area is 89.6 Å². The Morgan fingerprint density at radius 3 is 2.87 bits per heavy atom. The number of aromatic nitrogens is 2. The third-order valence-electron chi connectivity index (χ3n) is 2.20. The van der Waals surface area contributed by atoms with Crippen molar-refractivity contribution in [1.29, 1.82) is 0 Å². The van der Waals surface area contributed by atoms with Crippen LogP contribution in [-0.2, 0) is 11.3 Å². The van der Waals surface area contributed by atoms with Gasteiger partial charge in [-0.2, -0.15) is 5.10 Å². The summed E-state index contributed by atoms with van der Waals surface area (Å²) in [4.78, 5) is 13.0. The zero-order valence-corrected chi connectivity index (χ0v) is 9.43. The molecular formula is C10H17N3O2. The summed E-state index contributed by atoms with van der Waals surface area (Å²) < 4.78 is 7.05. The number of likely N-dealkylation sites (N-methyl/N-ethyl adjacent to an activating group) is 1. The lowest BCUT2D eigenvalue weighted by atomic mass is 10.5. The van der Waals surface area contributed by atoms with E-state index in [1.54, 1.807) is 29.0 Å². The topological polar surface area (TPSA) is 47.4 Å². The fourth-order valence-electron chi connectivity index (χ4n) is 1.02. The Balaban J connectivity index is 2.40. The van der Waals surface area contributed by atoms with Gasteiger partial charge < -0.3 is 9.64 Å². The maximum Gasteiger partial charge on any atom is 0.260 e. The standard InChI is InChI=1S/C10H17N3O2/c1-4-12(3)10(14)8-15-9-6-11-13(5-2)7-9/h6-7H,4-5,8H2,1-3H3. The molecule has 0 spiro atoms. The fourth-order valence-corrected chi connectivity index (χ4v) is 1.02. The molecule has 5 heteroatoms. The minimum atomic E-state index is -0.0262. The largest absolute Gasteiger partial charge is 0.480 e. The highest BCUT2D eigenvalue weighted by atomic mass is 16.5. The van der Waals surface area contributed by atoms with Gasteiger partial charge in [0, 0.05) is 20.1 Å². The summed E-state index contributed by atoms with van der Waals surface area (Å²) in [7, 11) is 1.75. The number of rotatable bonds is 5. The molecule has 1 aromatic heterocycles. The average molecular weight is 211 g/mol. The highest BCUT2D eigenvalue weighted by molar-refractivity contribution is 5.77. The molecule has 0 saturated heterocycles. The van der Waals surface area contributed by atoms with Crippen molar-refractivity contribution in [2.24, 2.45) is 0 Å². The minimum Gasteiger partial charge on any atom is -0.480 e. The summed E-state index contributed by atoms with van der Waals surface area (Å²) in [5.41, 5.74) is 0. The van der Waals surface area contributed by atoms with Gasteiger partial charge in [0.25, 0.3) is 5.91 Å². The van der Waals surface area contributed by atoms with Crippen LogP contribution in [0.5, 0.6) is 5.75 Å². The molecule has 0 N–H and O–H groups in total. The highest BCUT2D eigenvalue weighted by Gasteiger charge is 2.07. The molecule has 0 unspecified atom stereocenters. The van der Waals surface area contributed by atoms with Crippen LogP contribution in [0.1, 0.15) is 13.8 Å². The van der Waals surface area contributed by atoms with Gasteiger partial charge >= 0.3 is 0 Å². The number of carbonyl (C=O) groups is 1. The molecule has 1 aromatic rings. The van der Waals surface area contributed by atoms with Gasteiger partial charge in [-0.15, -0.1) is 0 Å². The zero-order valence-electron chi connectivity index (χ0n) is 9.43. The van der Waals surface area contributed by atoms with Crippen molar-refractivity contribution in [3.8, 4) is 5.75 Å². The second-order valence-corrected chi connectivity index (χ2v) is 3.23.